The summed E-state index contributed by atoms with van der Waals surface area (Å²) in [6, 6.07) is 14.0. The van der Waals surface area contributed by atoms with E-state index in [1.54, 1.807) is 21.3 Å². The molecule has 0 saturated heterocycles. The van der Waals surface area contributed by atoms with E-state index in [1.165, 1.54) is 0 Å². The summed E-state index contributed by atoms with van der Waals surface area (Å²) in [5.74, 6) is 2.12. The van der Waals surface area contributed by atoms with Crippen molar-refractivity contribution < 1.29 is 14.2 Å². The molecule has 4 heteroatoms. The van der Waals surface area contributed by atoms with Gasteiger partial charge in [-0.1, -0.05) is 24.3 Å². The van der Waals surface area contributed by atoms with E-state index < -0.39 is 0 Å². The summed E-state index contributed by atoms with van der Waals surface area (Å²) in [6.07, 6.45) is 1.89. The Bertz CT molecular complexity index is 641. The maximum Gasteiger partial charge on any atom is 0.164 e. The molecule has 0 bridgehead atoms. The lowest BCUT2D eigenvalue weighted by Crippen LogP contribution is -2.22. The fourth-order valence-corrected chi connectivity index (χ4v) is 2.48. The van der Waals surface area contributed by atoms with E-state index in [1.807, 2.05) is 36.4 Å². The third-order valence-corrected chi connectivity index (χ3v) is 3.62. The first-order chi connectivity index (χ1) is 11.2. The molecule has 2 aromatic carbocycles. The van der Waals surface area contributed by atoms with Crippen molar-refractivity contribution in [2.75, 3.05) is 32.8 Å². The number of anilines is 1. The Morgan fingerprint density at radius 1 is 0.913 bits per heavy atom. The van der Waals surface area contributed by atoms with E-state index in [4.69, 9.17) is 14.2 Å². The van der Waals surface area contributed by atoms with Crippen LogP contribution in [0.3, 0.4) is 0 Å². The number of methoxy groups -OCH3 is 3. The standard InChI is InChI=1S/C19H23NO3/c1-5-11-20(16-9-7-6-8-10-16)14-15-12-18(22-3)19(23-4)13-17(15)21-2/h5-10,12-13H,1,11,14H2,2-4H3. The van der Waals surface area contributed by atoms with Crippen molar-refractivity contribution in [1.29, 1.82) is 0 Å². The van der Waals surface area contributed by atoms with E-state index >= 15 is 0 Å². The molecule has 23 heavy (non-hydrogen) atoms. The molecule has 0 saturated carbocycles. The Hall–Kier alpha value is -2.62. The fraction of sp³-hybridized carbons (Fsp3) is 0.263. The highest BCUT2D eigenvalue weighted by Gasteiger charge is 2.14. The van der Waals surface area contributed by atoms with Crippen LogP contribution in [0.2, 0.25) is 0 Å². The van der Waals surface area contributed by atoms with Gasteiger partial charge in [0.25, 0.3) is 0 Å². The first kappa shape index (κ1) is 16.7. The van der Waals surface area contributed by atoms with Crippen LogP contribution in [0.25, 0.3) is 0 Å². The van der Waals surface area contributed by atoms with Crippen LogP contribution < -0.4 is 19.1 Å². The van der Waals surface area contributed by atoms with Crippen LogP contribution in [0.4, 0.5) is 5.69 Å². The highest BCUT2D eigenvalue weighted by atomic mass is 16.5. The van der Waals surface area contributed by atoms with Gasteiger partial charge in [-0.25, -0.2) is 0 Å². The van der Waals surface area contributed by atoms with Crippen molar-refractivity contribution in [3.63, 3.8) is 0 Å². The zero-order chi connectivity index (χ0) is 16.7. The molecule has 0 amide bonds. The predicted molar refractivity (Wildman–Crippen MR) is 93.8 cm³/mol. The number of para-hydroxylation sites is 1. The van der Waals surface area contributed by atoms with Crippen LogP contribution in [0.1, 0.15) is 5.56 Å². The largest absolute Gasteiger partial charge is 0.496 e. The molecule has 2 aromatic rings. The number of nitrogens with zero attached hydrogens (tertiary/aromatic N) is 1. The summed E-state index contributed by atoms with van der Waals surface area (Å²) in [4.78, 5) is 2.22. The number of hydrogen-bond acceptors (Lipinski definition) is 4. The molecule has 0 aliphatic heterocycles. The summed E-state index contributed by atoms with van der Waals surface area (Å²) in [5, 5.41) is 0. The van der Waals surface area contributed by atoms with Crippen molar-refractivity contribution in [3.8, 4) is 17.2 Å². The summed E-state index contributed by atoms with van der Waals surface area (Å²) in [7, 11) is 4.91. The van der Waals surface area contributed by atoms with Gasteiger partial charge in [-0.2, -0.15) is 0 Å². The van der Waals surface area contributed by atoms with Crippen molar-refractivity contribution in [3.05, 3.63) is 60.7 Å². The number of rotatable bonds is 8. The molecule has 0 heterocycles. The molecule has 0 spiro atoms. The molecule has 0 radical (unpaired) electrons. The monoisotopic (exact) mass is 313 g/mol. The Labute approximate surface area is 137 Å². The van der Waals surface area contributed by atoms with Gasteiger partial charge < -0.3 is 19.1 Å². The van der Waals surface area contributed by atoms with Crippen LogP contribution in [-0.4, -0.2) is 27.9 Å². The minimum absolute atomic E-state index is 0.656. The summed E-state index contributed by atoms with van der Waals surface area (Å²) >= 11 is 0. The van der Waals surface area contributed by atoms with Gasteiger partial charge in [0.2, 0.25) is 0 Å². The maximum atomic E-state index is 5.51. The molecule has 4 nitrogen and oxygen atoms in total. The van der Waals surface area contributed by atoms with E-state index in [0.717, 1.165) is 23.5 Å². The van der Waals surface area contributed by atoms with Crippen LogP contribution in [-0.2, 0) is 6.54 Å². The summed E-state index contributed by atoms with van der Waals surface area (Å²) in [5.41, 5.74) is 2.15. The molecule has 2 rings (SSSR count). The second-order valence-corrected chi connectivity index (χ2v) is 5.02. The molecular formula is C19H23NO3. The lowest BCUT2D eigenvalue weighted by molar-refractivity contribution is 0.347. The second kappa shape index (κ2) is 8.13. The first-order valence-corrected chi connectivity index (χ1v) is 7.43. The maximum absolute atomic E-state index is 5.51. The SMILES string of the molecule is C=CCN(Cc1cc(OC)c(OC)cc1OC)c1ccccc1. The van der Waals surface area contributed by atoms with Gasteiger partial charge in [0.1, 0.15) is 5.75 Å². The second-order valence-electron chi connectivity index (χ2n) is 5.02. The van der Waals surface area contributed by atoms with E-state index in [0.29, 0.717) is 18.0 Å². The average molecular weight is 313 g/mol. The van der Waals surface area contributed by atoms with Crippen LogP contribution in [0, 0.1) is 0 Å². The first-order valence-electron chi connectivity index (χ1n) is 7.43. The lowest BCUT2D eigenvalue weighted by Gasteiger charge is -2.25. The van der Waals surface area contributed by atoms with E-state index in [2.05, 4.69) is 23.6 Å². The predicted octanol–water partition coefficient (Wildman–Crippen LogP) is 3.91. The highest BCUT2D eigenvalue weighted by Crippen LogP contribution is 2.35. The molecule has 122 valence electrons. The van der Waals surface area contributed by atoms with Crippen molar-refractivity contribution in [1.82, 2.24) is 0 Å². The van der Waals surface area contributed by atoms with Crippen LogP contribution in [0.5, 0.6) is 17.2 Å². The molecule has 0 atom stereocenters. The third kappa shape index (κ3) is 3.97. The Balaban J connectivity index is 2.37. The summed E-state index contributed by atoms with van der Waals surface area (Å²) < 4.78 is 16.3. The topological polar surface area (TPSA) is 30.9 Å². The van der Waals surface area contributed by atoms with Gasteiger partial charge in [0.05, 0.1) is 21.3 Å². The normalized spacial score (nSPS) is 10.0. The lowest BCUT2D eigenvalue weighted by atomic mass is 10.1. The smallest absolute Gasteiger partial charge is 0.164 e. The fourth-order valence-electron chi connectivity index (χ4n) is 2.48. The van der Waals surface area contributed by atoms with E-state index in [9.17, 15) is 0 Å². The Morgan fingerprint density at radius 3 is 2.09 bits per heavy atom. The summed E-state index contributed by atoms with van der Waals surface area (Å²) in [6.45, 7) is 5.27. The quantitative estimate of drug-likeness (QED) is 0.692. The number of benzene rings is 2. The Morgan fingerprint density at radius 2 is 1.52 bits per heavy atom. The minimum atomic E-state index is 0.656. The number of ether oxygens (including phenoxy) is 3. The number of hydrogen-bond donors (Lipinski definition) is 0. The van der Waals surface area contributed by atoms with Gasteiger partial charge >= 0.3 is 0 Å². The van der Waals surface area contributed by atoms with Crippen molar-refractivity contribution in [2.45, 2.75) is 6.54 Å². The zero-order valence-corrected chi connectivity index (χ0v) is 13.9. The zero-order valence-electron chi connectivity index (χ0n) is 13.9. The average Bonchev–Trinajstić information content (AvgIpc) is 2.61. The molecule has 0 aliphatic rings. The minimum Gasteiger partial charge on any atom is -0.496 e. The molecule has 0 unspecified atom stereocenters. The van der Waals surface area contributed by atoms with E-state index in [-0.39, 0.29) is 0 Å². The van der Waals surface area contributed by atoms with Crippen molar-refractivity contribution in [2.24, 2.45) is 0 Å². The molecule has 0 fully saturated rings. The van der Waals surface area contributed by atoms with Crippen molar-refractivity contribution >= 4 is 5.69 Å². The van der Waals surface area contributed by atoms with Gasteiger partial charge in [0.15, 0.2) is 11.5 Å². The van der Waals surface area contributed by atoms with Crippen LogP contribution in [0.15, 0.2) is 55.1 Å². The highest BCUT2D eigenvalue weighted by molar-refractivity contribution is 5.54. The Kier molecular flexibility index (Phi) is 5.92. The van der Waals surface area contributed by atoms with Gasteiger partial charge in [-0.05, 0) is 18.2 Å². The van der Waals surface area contributed by atoms with Crippen LogP contribution >= 0.6 is 0 Å². The van der Waals surface area contributed by atoms with Gasteiger partial charge in [0, 0.05) is 30.4 Å². The van der Waals surface area contributed by atoms with Gasteiger partial charge in [-0.3, -0.25) is 0 Å². The van der Waals surface area contributed by atoms with Gasteiger partial charge in [-0.15, -0.1) is 6.58 Å². The molecular weight excluding hydrogens is 290 g/mol. The molecule has 0 aliphatic carbocycles. The third-order valence-electron chi connectivity index (χ3n) is 3.62. The molecule has 0 N–H and O–H groups in total. The molecule has 0 aromatic heterocycles.